The molecule has 0 bridgehead atoms. The van der Waals surface area contributed by atoms with Gasteiger partial charge < -0.3 is 5.32 Å². The Morgan fingerprint density at radius 1 is 1.47 bits per heavy atom. The Labute approximate surface area is 103 Å². The molecule has 0 saturated heterocycles. The first-order valence-electron chi connectivity index (χ1n) is 5.29. The second-order valence-corrected chi connectivity index (χ2v) is 4.22. The van der Waals surface area contributed by atoms with E-state index in [0.717, 1.165) is 18.8 Å². The highest BCUT2D eigenvalue weighted by Gasteiger charge is 2.31. The van der Waals surface area contributed by atoms with Gasteiger partial charge in [-0.3, -0.25) is 4.98 Å². The van der Waals surface area contributed by atoms with Gasteiger partial charge in [-0.05, 0) is 19.5 Å². The molecule has 1 atom stereocenters. The van der Waals surface area contributed by atoms with Crippen molar-refractivity contribution in [1.82, 2.24) is 10.3 Å². The summed E-state index contributed by atoms with van der Waals surface area (Å²) in [6.45, 7) is 4.68. The molecule has 1 heterocycles. The first-order valence-corrected chi connectivity index (χ1v) is 5.67. The highest BCUT2D eigenvalue weighted by atomic mass is 35.5. The number of aromatic nitrogens is 1. The third-order valence-corrected chi connectivity index (χ3v) is 2.62. The summed E-state index contributed by atoms with van der Waals surface area (Å²) in [5, 5.41) is 3.20. The fourth-order valence-electron chi connectivity index (χ4n) is 1.48. The van der Waals surface area contributed by atoms with E-state index < -0.39 is 11.7 Å². The van der Waals surface area contributed by atoms with Crippen LogP contribution in [0.3, 0.4) is 0 Å². The maximum absolute atomic E-state index is 12.4. The summed E-state index contributed by atoms with van der Waals surface area (Å²) < 4.78 is 37.1. The Morgan fingerprint density at radius 2 is 2.12 bits per heavy atom. The average Bonchev–Trinajstić information content (AvgIpc) is 2.20. The normalized spacial score (nSPS) is 13.8. The standard InChI is InChI=1S/C11H14ClF3N2/c1-3-16-7(2)4-10-9(12)5-8(6-17-10)11(13,14)15/h5-7,16H,3-4H2,1-2H3. The number of alkyl halides is 3. The van der Waals surface area contributed by atoms with Crippen molar-refractivity contribution in [3.8, 4) is 0 Å². The van der Waals surface area contributed by atoms with Crippen LogP contribution in [-0.4, -0.2) is 17.6 Å². The van der Waals surface area contributed by atoms with E-state index in [2.05, 4.69) is 10.3 Å². The van der Waals surface area contributed by atoms with Crippen LogP contribution < -0.4 is 5.32 Å². The van der Waals surface area contributed by atoms with Gasteiger partial charge in [0.2, 0.25) is 0 Å². The molecular formula is C11H14ClF3N2. The number of rotatable bonds is 4. The van der Waals surface area contributed by atoms with E-state index in [9.17, 15) is 13.2 Å². The lowest BCUT2D eigenvalue weighted by atomic mass is 10.1. The quantitative estimate of drug-likeness (QED) is 0.905. The van der Waals surface area contributed by atoms with E-state index in [1.54, 1.807) is 0 Å². The minimum absolute atomic E-state index is 0.0598. The van der Waals surface area contributed by atoms with Gasteiger partial charge >= 0.3 is 6.18 Å². The molecule has 0 saturated carbocycles. The summed E-state index contributed by atoms with van der Waals surface area (Å²) in [5.74, 6) is 0. The molecule has 0 aliphatic heterocycles. The lowest BCUT2D eigenvalue weighted by molar-refractivity contribution is -0.137. The van der Waals surface area contributed by atoms with Crippen LogP contribution >= 0.6 is 11.6 Å². The summed E-state index contributed by atoms with van der Waals surface area (Å²) in [6.07, 6.45) is -3.08. The third-order valence-electron chi connectivity index (χ3n) is 2.30. The number of hydrogen-bond donors (Lipinski definition) is 1. The van der Waals surface area contributed by atoms with Crippen LogP contribution in [0.15, 0.2) is 12.3 Å². The van der Waals surface area contributed by atoms with Gasteiger partial charge in [0.15, 0.2) is 0 Å². The van der Waals surface area contributed by atoms with Gasteiger partial charge in [-0.1, -0.05) is 18.5 Å². The maximum atomic E-state index is 12.4. The van der Waals surface area contributed by atoms with Gasteiger partial charge in [0, 0.05) is 18.7 Å². The van der Waals surface area contributed by atoms with Crippen LogP contribution in [0.1, 0.15) is 25.1 Å². The van der Waals surface area contributed by atoms with E-state index in [1.165, 1.54) is 0 Å². The van der Waals surface area contributed by atoms with Crippen molar-refractivity contribution in [3.05, 3.63) is 28.5 Å². The zero-order chi connectivity index (χ0) is 13.1. The lowest BCUT2D eigenvalue weighted by Gasteiger charge is -2.13. The smallest absolute Gasteiger partial charge is 0.314 e. The number of pyridine rings is 1. The molecule has 0 aromatic carbocycles. The molecule has 0 spiro atoms. The van der Waals surface area contributed by atoms with Crippen molar-refractivity contribution >= 4 is 11.6 Å². The molecule has 0 radical (unpaired) electrons. The molecule has 0 fully saturated rings. The fourth-order valence-corrected chi connectivity index (χ4v) is 1.73. The Morgan fingerprint density at radius 3 is 2.59 bits per heavy atom. The largest absolute Gasteiger partial charge is 0.417 e. The zero-order valence-electron chi connectivity index (χ0n) is 9.61. The van der Waals surface area contributed by atoms with Crippen LogP contribution in [0.2, 0.25) is 5.02 Å². The maximum Gasteiger partial charge on any atom is 0.417 e. The molecule has 2 nitrogen and oxygen atoms in total. The van der Waals surface area contributed by atoms with Crippen molar-refractivity contribution < 1.29 is 13.2 Å². The van der Waals surface area contributed by atoms with Gasteiger partial charge in [0.05, 0.1) is 16.3 Å². The summed E-state index contributed by atoms with van der Waals surface area (Å²) >= 11 is 5.79. The summed E-state index contributed by atoms with van der Waals surface area (Å²) in [4.78, 5) is 3.77. The third kappa shape index (κ3) is 4.16. The number of nitrogens with one attached hydrogen (secondary N) is 1. The average molecular weight is 267 g/mol. The number of nitrogens with zero attached hydrogens (tertiary/aromatic N) is 1. The predicted molar refractivity (Wildman–Crippen MR) is 61.1 cm³/mol. The van der Waals surface area contributed by atoms with Gasteiger partial charge in [-0.2, -0.15) is 13.2 Å². The van der Waals surface area contributed by atoms with Gasteiger partial charge in [0.1, 0.15) is 0 Å². The van der Waals surface area contributed by atoms with Crippen molar-refractivity contribution in [2.45, 2.75) is 32.5 Å². The van der Waals surface area contributed by atoms with Crippen molar-refractivity contribution in [1.29, 1.82) is 0 Å². The van der Waals surface area contributed by atoms with Gasteiger partial charge in [-0.25, -0.2) is 0 Å². The Balaban J connectivity index is 2.83. The monoisotopic (exact) mass is 266 g/mol. The first-order chi connectivity index (χ1) is 7.84. The van der Waals surface area contributed by atoms with Crippen LogP contribution in [0.4, 0.5) is 13.2 Å². The van der Waals surface area contributed by atoms with Crippen LogP contribution in [0.25, 0.3) is 0 Å². The molecule has 0 aliphatic carbocycles. The molecule has 1 aromatic rings. The molecule has 1 N–H and O–H groups in total. The van der Waals surface area contributed by atoms with Crippen molar-refractivity contribution in [2.24, 2.45) is 0 Å². The van der Waals surface area contributed by atoms with E-state index >= 15 is 0 Å². The number of hydrogen-bond acceptors (Lipinski definition) is 2. The fraction of sp³-hybridized carbons (Fsp3) is 0.545. The summed E-state index contributed by atoms with van der Waals surface area (Å²) in [6, 6.07) is 1.05. The molecule has 17 heavy (non-hydrogen) atoms. The van der Waals surface area contributed by atoms with E-state index in [0.29, 0.717) is 12.1 Å². The Hall–Kier alpha value is -0.810. The molecular weight excluding hydrogens is 253 g/mol. The topological polar surface area (TPSA) is 24.9 Å². The lowest BCUT2D eigenvalue weighted by Crippen LogP contribution is -2.28. The zero-order valence-corrected chi connectivity index (χ0v) is 10.4. The second kappa shape index (κ2) is 5.69. The SMILES string of the molecule is CCNC(C)Cc1ncc(C(F)(F)F)cc1Cl. The molecule has 1 rings (SSSR count). The molecule has 6 heteroatoms. The summed E-state index contributed by atoms with van der Waals surface area (Å²) in [7, 11) is 0. The van der Waals surface area contributed by atoms with E-state index in [4.69, 9.17) is 11.6 Å². The van der Waals surface area contributed by atoms with Gasteiger partial charge in [-0.15, -0.1) is 0 Å². The molecule has 0 amide bonds. The van der Waals surface area contributed by atoms with Crippen LogP contribution in [-0.2, 0) is 12.6 Å². The predicted octanol–water partition coefficient (Wildman–Crippen LogP) is 3.29. The summed E-state index contributed by atoms with van der Waals surface area (Å²) in [5.41, 5.74) is -0.338. The minimum atomic E-state index is -4.40. The van der Waals surface area contributed by atoms with Gasteiger partial charge in [0.25, 0.3) is 0 Å². The Kier molecular flexibility index (Phi) is 4.77. The molecule has 1 unspecified atom stereocenters. The van der Waals surface area contributed by atoms with Crippen LogP contribution in [0, 0.1) is 0 Å². The van der Waals surface area contributed by atoms with Crippen LogP contribution in [0.5, 0.6) is 0 Å². The van der Waals surface area contributed by atoms with E-state index in [1.807, 2.05) is 13.8 Å². The first kappa shape index (κ1) is 14.3. The highest BCUT2D eigenvalue weighted by molar-refractivity contribution is 6.31. The molecule has 1 aromatic heterocycles. The second-order valence-electron chi connectivity index (χ2n) is 3.81. The number of halogens is 4. The highest BCUT2D eigenvalue weighted by Crippen LogP contribution is 2.31. The van der Waals surface area contributed by atoms with Crippen molar-refractivity contribution in [3.63, 3.8) is 0 Å². The van der Waals surface area contributed by atoms with E-state index in [-0.39, 0.29) is 11.1 Å². The Bertz CT molecular complexity index is 379. The minimum Gasteiger partial charge on any atom is -0.314 e. The number of likely N-dealkylation sites (N-methyl/N-ethyl adjacent to an activating group) is 1. The molecule has 0 aliphatic rings. The molecule has 96 valence electrons. The van der Waals surface area contributed by atoms with Crippen molar-refractivity contribution in [2.75, 3.05) is 6.54 Å².